The van der Waals surface area contributed by atoms with E-state index in [0.29, 0.717) is 5.01 Å². The first kappa shape index (κ1) is 14.2. The summed E-state index contributed by atoms with van der Waals surface area (Å²) in [5.74, 6) is -0.619. The summed E-state index contributed by atoms with van der Waals surface area (Å²) in [7, 11) is 0. The smallest absolute Gasteiger partial charge is 0.167 e. The molecule has 7 heteroatoms. The third kappa shape index (κ3) is 3.62. The summed E-state index contributed by atoms with van der Waals surface area (Å²) < 4.78 is 0.859. The van der Waals surface area contributed by atoms with Crippen molar-refractivity contribution in [1.82, 2.24) is 9.97 Å². The molecular formula is C12H11N3OS3. The highest BCUT2D eigenvalue weighted by Crippen LogP contribution is 2.26. The predicted octanol–water partition coefficient (Wildman–Crippen LogP) is 3.19. The number of rotatable bonds is 5. The molecule has 0 aliphatic carbocycles. The van der Waals surface area contributed by atoms with E-state index >= 15 is 0 Å². The maximum atomic E-state index is 12.1. The van der Waals surface area contributed by atoms with Gasteiger partial charge < -0.3 is 0 Å². The zero-order valence-electron chi connectivity index (χ0n) is 10.4. The van der Waals surface area contributed by atoms with Crippen molar-refractivity contribution in [2.24, 2.45) is 0 Å². The molecule has 0 fully saturated rings. The maximum Gasteiger partial charge on any atom is 0.167 e. The first-order chi connectivity index (χ1) is 9.10. The highest BCUT2D eigenvalue weighted by Gasteiger charge is 2.23. The minimum atomic E-state index is -0.757. The monoisotopic (exact) mass is 309 g/mol. The summed E-state index contributed by atoms with van der Waals surface area (Å²) in [6.45, 7) is 3.77. The molecule has 2 rings (SSSR count). The van der Waals surface area contributed by atoms with E-state index in [1.165, 1.54) is 34.4 Å². The van der Waals surface area contributed by atoms with Crippen LogP contribution in [0.15, 0.2) is 15.1 Å². The van der Waals surface area contributed by atoms with Crippen molar-refractivity contribution in [3.63, 3.8) is 0 Å². The van der Waals surface area contributed by atoms with Crippen LogP contribution in [0.5, 0.6) is 0 Å². The lowest BCUT2D eigenvalue weighted by Crippen LogP contribution is -2.13. The molecule has 1 atom stereocenters. The van der Waals surface area contributed by atoms with Gasteiger partial charge in [-0.15, -0.1) is 22.7 Å². The Morgan fingerprint density at radius 1 is 1.37 bits per heavy atom. The molecule has 19 heavy (non-hydrogen) atoms. The molecule has 0 unspecified atom stereocenters. The van der Waals surface area contributed by atoms with E-state index in [2.05, 4.69) is 9.97 Å². The van der Waals surface area contributed by atoms with Crippen molar-refractivity contribution >= 4 is 40.2 Å². The van der Waals surface area contributed by atoms with E-state index in [0.717, 1.165) is 15.7 Å². The van der Waals surface area contributed by atoms with Crippen molar-refractivity contribution in [3.8, 4) is 6.07 Å². The number of nitrogens with zero attached hydrogens (tertiary/aromatic N) is 3. The van der Waals surface area contributed by atoms with Crippen LogP contribution >= 0.6 is 34.4 Å². The molecule has 4 nitrogen and oxygen atoms in total. The zero-order chi connectivity index (χ0) is 13.8. The molecule has 0 spiro atoms. The Labute approximate surface area is 123 Å². The number of aryl methyl sites for hydroxylation is 2. The highest BCUT2D eigenvalue weighted by molar-refractivity contribution is 8.01. The summed E-state index contributed by atoms with van der Waals surface area (Å²) in [4.78, 5) is 20.6. The SMILES string of the molecule is Cc1csc(SCC(=O)[C@@H](C#N)c2nc(C)cs2)n1. The fourth-order valence-corrected chi connectivity index (χ4v) is 4.00. The van der Waals surface area contributed by atoms with Crippen LogP contribution in [0.4, 0.5) is 0 Å². The molecule has 0 amide bonds. The fourth-order valence-electron chi connectivity index (χ4n) is 1.38. The second-order valence-corrected chi connectivity index (χ2v) is 6.87. The standard InChI is InChI=1S/C12H11N3OS3/c1-7-4-17-11(14-7)9(3-13)10(16)6-19-12-15-8(2)5-18-12/h4-5,9H,6H2,1-2H3/t9-/m1/s1. The number of nitriles is 1. The molecule has 2 aromatic rings. The van der Waals surface area contributed by atoms with Gasteiger partial charge in [-0.25, -0.2) is 9.97 Å². The lowest BCUT2D eigenvalue weighted by Gasteiger charge is -2.03. The van der Waals surface area contributed by atoms with Crippen molar-refractivity contribution in [3.05, 3.63) is 27.2 Å². The summed E-state index contributed by atoms with van der Waals surface area (Å²) >= 11 is 4.25. The average Bonchev–Trinajstić information content (AvgIpc) is 2.97. The van der Waals surface area contributed by atoms with Gasteiger partial charge in [0.05, 0.1) is 11.8 Å². The Morgan fingerprint density at radius 3 is 2.58 bits per heavy atom. The number of Topliss-reactive ketones (excluding diaryl/α,β-unsaturated/α-hetero) is 1. The van der Waals surface area contributed by atoms with Crippen LogP contribution in [0.1, 0.15) is 22.3 Å². The summed E-state index contributed by atoms with van der Waals surface area (Å²) in [6, 6.07) is 2.04. The molecular weight excluding hydrogens is 298 g/mol. The van der Waals surface area contributed by atoms with Gasteiger partial charge in [-0.1, -0.05) is 11.8 Å². The molecule has 98 valence electrons. The number of carbonyl (C=O) groups is 1. The van der Waals surface area contributed by atoms with Gasteiger partial charge in [0.15, 0.2) is 16.0 Å². The molecule has 0 bridgehead atoms. The number of aromatic nitrogens is 2. The second kappa shape index (κ2) is 6.28. The van der Waals surface area contributed by atoms with Crippen molar-refractivity contribution in [2.75, 3.05) is 5.75 Å². The summed E-state index contributed by atoms with van der Waals surface area (Å²) in [5.41, 5.74) is 1.79. The second-order valence-electron chi connectivity index (χ2n) is 3.90. The number of ketones is 1. The fraction of sp³-hybridized carbons (Fsp3) is 0.333. The van der Waals surface area contributed by atoms with Gasteiger partial charge in [-0.2, -0.15) is 5.26 Å². The van der Waals surface area contributed by atoms with E-state index in [-0.39, 0.29) is 11.5 Å². The van der Waals surface area contributed by atoms with Gasteiger partial charge in [0.2, 0.25) is 0 Å². The van der Waals surface area contributed by atoms with Crippen LogP contribution < -0.4 is 0 Å². The minimum Gasteiger partial charge on any atom is -0.297 e. The molecule has 0 saturated carbocycles. The van der Waals surface area contributed by atoms with Crippen LogP contribution in [0, 0.1) is 25.2 Å². The van der Waals surface area contributed by atoms with E-state index in [1.807, 2.05) is 30.7 Å². The largest absolute Gasteiger partial charge is 0.297 e. The predicted molar refractivity (Wildman–Crippen MR) is 77.8 cm³/mol. The number of hydrogen-bond acceptors (Lipinski definition) is 7. The lowest BCUT2D eigenvalue weighted by molar-refractivity contribution is -0.116. The van der Waals surface area contributed by atoms with E-state index in [1.54, 1.807) is 0 Å². The molecule has 0 aliphatic heterocycles. The molecule has 0 aliphatic rings. The van der Waals surface area contributed by atoms with Gasteiger partial charge in [0.1, 0.15) is 5.01 Å². The Bertz CT molecular complexity index is 626. The Hall–Kier alpha value is -1.23. The Morgan fingerprint density at radius 2 is 2.05 bits per heavy atom. The number of carbonyl (C=O) groups excluding carboxylic acids is 1. The van der Waals surface area contributed by atoms with Crippen LogP contribution in [-0.2, 0) is 4.79 Å². The molecule has 0 radical (unpaired) electrons. The third-order valence-electron chi connectivity index (χ3n) is 2.27. The number of thiazole rings is 2. The number of hydrogen-bond donors (Lipinski definition) is 0. The molecule has 2 aromatic heterocycles. The highest BCUT2D eigenvalue weighted by atomic mass is 32.2. The maximum absolute atomic E-state index is 12.1. The van der Waals surface area contributed by atoms with Crippen LogP contribution in [0.2, 0.25) is 0 Å². The van der Waals surface area contributed by atoms with Gasteiger partial charge in [0, 0.05) is 22.1 Å². The molecule has 0 aromatic carbocycles. The van der Waals surface area contributed by atoms with Crippen LogP contribution in [0.3, 0.4) is 0 Å². The summed E-state index contributed by atoms with van der Waals surface area (Å²) in [5, 5.41) is 13.5. The quantitative estimate of drug-likeness (QED) is 0.794. The Kier molecular flexibility index (Phi) is 4.69. The molecule has 0 saturated heterocycles. The lowest BCUT2D eigenvalue weighted by atomic mass is 10.1. The van der Waals surface area contributed by atoms with Gasteiger partial charge >= 0.3 is 0 Å². The van der Waals surface area contributed by atoms with E-state index in [9.17, 15) is 4.79 Å². The van der Waals surface area contributed by atoms with Gasteiger partial charge in [-0.05, 0) is 13.8 Å². The van der Waals surface area contributed by atoms with Crippen molar-refractivity contribution in [1.29, 1.82) is 5.26 Å². The number of thioether (sulfide) groups is 1. The first-order valence-corrected chi connectivity index (χ1v) is 8.24. The minimum absolute atomic E-state index is 0.116. The molecule has 2 heterocycles. The van der Waals surface area contributed by atoms with Gasteiger partial charge in [-0.3, -0.25) is 4.79 Å². The van der Waals surface area contributed by atoms with E-state index < -0.39 is 5.92 Å². The van der Waals surface area contributed by atoms with E-state index in [4.69, 9.17) is 5.26 Å². The Balaban J connectivity index is 2.00. The van der Waals surface area contributed by atoms with Crippen molar-refractivity contribution in [2.45, 2.75) is 24.1 Å². The first-order valence-electron chi connectivity index (χ1n) is 5.49. The van der Waals surface area contributed by atoms with Gasteiger partial charge in [0.25, 0.3) is 0 Å². The zero-order valence-corrected chi connectivity index (χ0v) is 12.9. The third-order valence-corrected chi connectivity index (χ3v) is 5.46. The molecule has 0 N–H and O–H groups in total. The summed E-state index contributed by atoms with van der Waals surface area (Å²) in [6.07, 6.45) is 0. The topological polar surface area (TPSA) is 66.6 Å². The van der Waals surface area contributed by atoms with Crippen LogP contribution in [0.25, 0.3) is 0 Å². The average molecular weight is 309 g/mol. The van der Waals surface area contributed by atoms with Crippen LogP contribution in [-0.4, -0.2) is 21.5 Å². The van der Waals surface area contributed by atoms with Crippen molar-refractivity contribution < 1.29 is 4.79 Å². The normalized spacial score (nSPS) is 12.1.